The van der Waals surface area contributed by atoms with Gasteiger partial charge < -0.3 is 64.0 Å². The van der Waals surface area contributed by atoms with Crippen molar-refractivity contribution in [3.05, 3.63) is 0 Å². The van der Waals surface area contributed by atoms with Crippen molar-refractivity contribution in [1.29, 1.82) is 0 Å². The van der Waals surface area contributed by atoms with Gasteiger partial charge in [0.05, 0.1) is 24.0 Å². The largest absolute Gasteiger partial charge is 0.481 e. The van der Waals surface area contributed by atoms with Crippen LogP contribution in [-0.2, 0) is 68.4 Å². The minimum atomic E-state index is -4.22. The lowest BCUT2D eigenvalue weighted by Gasteiger charge is -2.66. The lowest BCUT2D eigenvalue weighted by atomic mass is 9.72. The smallest absolute Gasteiger partial charge is 0.465 e. The highest BCUT2D eigenvalue weighted by Crippen LogP contribution is 2.59. The summed E-state index contributed by atoms with van der Waals surface area (Å²) in [6.07, 6.45) is 0.864. The molecule has 0 aromatic heterocycles. The van der Waals surface area contributed by atoms with E-state index in [-0.39, 0.29) is 77.5 Å². The van der Waals surface area contributed by atoms with E-state index >= 15 is 0 Å². The van der Waals surface area contributed by atoms with E-state index in [1.54, 1.807) is 20.8 Å². The third-order valence-electron chi connectivity index (χ3n) is 12.2. The average Bonchev–Trinajstić information content (AvgIpc) is 3.10. The Morgan fingerprint density at radius 1 is 0.475 bits per heavy atom. The Hall–Kier alpha value is 0.155. The van der Waals surface area contributed by atoms with Gasteiger partial charge in [-0.2, -0.15) is 0 Å². The Morgan fingerprint density at radius 3 is 1.02 bits per heavy atom. The summed E-state index contributed by atoms with van der Waals surface area (Å²) in [5.74, 6) is -0.950. The van der Waals surface area contributed by atoms with Gasteiger partial charge in [0.25, 0.3) is 0 Å². The van der Waals surface area contributed by atoms with Crippen LogP contribution >= 0.6 is 0 Å². The summed E-state index contributed by atoms with van der Waals surface area (Å²) in [5, 5.41) is 9.23. The van der Waals surface area contributed by atoms with Crippen molar-refractivity contribution in [2.75, 3.05) is 19.8 Å². The van der Waals surface area contributed by atoms with Gasteiger partial charge in [-0.25, -0.2) is 0 Å². The molecule has 6 rings (SSSR count). The zero-order valence-corrected chi connectivity index (χ0v) is 48.0. The number of hydrogen-bond donors (Lipinski definition) is 1. The fraction of sp³-hybridized carbons (Fsp3) is 0.944. The molecular weight excluding hydrogens is 929 g/mol. The molecule has 6 aliphatic heterocycles. The Balaban J connectivity index is 1.67. The molecule has 61 heavy (non-hydrogen) atoms. The summed E-state index contributed by atoms with van der Waals surface area (Å²) < 4.78 is 102. The van der Waals surface area contributed by atoms with Crippen LogP contribution in [0.5, 0.6) is 0 Å². The maximum absolute atomic E-state index is 13.8. The third kappa shape index (κ3) is 9.40. The molecule has 0 aliphatic carbocycles. The van der Waals surface area contributed by atoms with Gasteiger partial charge in [-0.1, -0.05) is 104 Å². The van der Waals surface area contributed by atoms with Gasteiger partial charge in [-0.3, -0.25) is 9.59 Å². The van der Waals surface area contributed by atoms with Crippen molar-refractivity contribution < 1.29 is 73.6 Å². The highest BCUT2D eigenvalue weighted by Gasteiger charge is 2.85. The predicted octanol–water partition coefficient (Wildman–Crippen LogP) is 7.94. The van der Waals surface area contributed by atoms with E-state index in [1.807, 2.05) is 104 Å². The summed E-state index contributed by atoms with van der Waals surface area (Å²) in [5.41, 5.74) is -4.43. The molecule has 0 aromatic rings. The molecule has 0 saturated carbocycles. The number of carbonyl (C=O) groups excluding carboxylic acids is 2. The van der Waals surface area contributed by atoms with E-state index in [0.29, 0.717) is 6.42 Å². The molecule has 25 heteroatoms. The van der Waals surface area contributed by atoms with Crippen LogP contribution in [0.2, 0.25) is 44.8 Å². The molecule has 6 fully saturated rings. The number of hydrogen-bond acceptors (Lipinski definition) is 17. The Morgan fingerprint density at radius 2 is 0.754 bits per heavy atom. The topological polar surface area (TPSA) is 184 Å². The third-order valence-corrected chi connectivity index (χ3v) is 50.7. The first-order chi connectivity index (χ1) is 28.0. The van der Waals surface area contributed by atoms with Gasteiger partial charge in [0.15, 0.2) is 0 Å². The average molecular weight is 1010 g/mol. The van der Waals surface area contributed by atoms with Crippen molar-refractivity contribution in [1.82, 2.24) is 0 Å². The number of carbonyl (C=O) groups is 2. The summed E-state index contributed by atoms with van der Waals surface area (Å²) >= 11 is 0. The van der Waals surface area contributed by atoms with Crippen LogP contribution in [0, 0.1) is 10.8 Å². The molecule has 1 unspecified atom stereocenters. The van der Waals surface area contributed by atoms with Gasteiger partial charge in [0.1, 0.15) is 6.61 Å². The molecule has 1 N–H and O–H groups in total. The fourth-order valence-corrected chi connectivity index (χ4v) is 62.0. The van der Waals surface area contributed by atoms with Crippen LogP contribution in [0.4, 0.5) is 0 Å². The van der Waals surface area contributed by atoms with Gasteiger partial charge in [0.2, 0.25) is 0 Å². The van der Waals surface area contributed by atoms with Crippen LogP contribution in [0.1, 0.15) is 144 Å². The summed E-state index contributed by atoms with van der Waals surface area (Å²) in [6.45, 7) is 34.8. The molecule has 17 nitrogen and oxygen atoms in total. The van der Waals surface area contributed by atoms with E-state index in [4.69, 9.17) is 58.9 Å². The van der Waals surface area contributed by atoms with Crippen molar-refractivity contribution >= 4 is 82.4 Å². The molecule has 1 atom stereocenters. The van der Waals surface area contributed by atoms with Gasteiger partial charge in [0, 0.05) is 44.8 Å². The Kier molecular flexibility index (Phi) is 15.4. The number of ether oxygens (including phenoxy) is 2. The standard InChI is InChI=1S/C36H76O17Si8/c1-19-36(18,34(39)41-23-21-37)25-35(16,17)33(38)40-22-20-24-54-42-55(26(2)3)45-58(29(8)9)47-56(43-54,27(4)5)49-60(31(12)13)50-57(44-54,28(6)7)48-59(46-55,30(10)11)52-61(51-58,53-60)32(14)15/h26-32,37H,19-25H2,1-18H3. The van der Waals surface area contributed by atoms with E-state index in [9.17, 15) is 14.7 Å². The van der Waals surface area contributed by atoms with Gasteiger partial charge in [-0.05, 0) is 40.0 Å². The molecule has 0 amide bonds. The molecule has 0 spiro atoms. The van der Waals surface area contributed by atoms with Crippen molar-refractivity contribution in [2.24, 2.45) is 10.8 Å². The van der Waals surface area contributed by atoms with Crippen LogP contribution in [0.3, 0.4) is 0 Å². The van der Waals surface area contributed by atoms with E-state index in [2.05, 4.69) is 0 Å². The highest BCUT2D eigenvalue weighted by atomic mass is 28.6. The monoisotopic (exact) mass is 1000 g/mol. The van der Waals surface area contributed by atoms with Crippen molar-refractivity contribution in [3.8, 4) is 0 Å². The lowest BCUT2D eigenvalue weighted by Crippen LogP contribution is -2.90. The van der Waals surface area contributed by atoms with Crippen LogP contribution in [0.15, 0.2) is 0 Å². The molecular formula is C36H76O17Si8. The minimum absolute atomic E-state index is 0.0172. The zero-order chi connectivity index (χ0) is 46.0. The fourth-order valence-electron chi connectivity index (χ4n) is 7.91. The first kappa shape index (κ1) is 52.1. The molecule has 0 aromatic carbocycles. The number of aliphatic hydroxyl groups is 1. The molecule has 0 radical (unpaired) electrons. The van der Waals surface area contributed by atoms with E-state index in [1.165, 1.54) is 0 Å². The van der Waals surface area contributed by atoms with Crippen molar-refractivity contribution in [3.63, 3.8) is 0 Å². The van der Waals surface area contributed by atoms with Crippen LogP contribution in [-0.4, -0.2) is 107 Å². The van der Waals surface area contributed by atoms with Crippen molar-refractivity contribution in [2.45, 2.75) is 189 Å². The van der Waals surface area contributed by atoms with Gasteiger partial charge in [-0.15, -0.1) is 0 Å². The summed E-state index contributed by atoms with van der Waals surface area (Å²) in [7, 11) is -32.6. The number of rotatable bonds is 18. The van der Waals surface area contributed by atoms with E-state index in [0.717, 1.165) is 0 Å². The molecule has 6 heterocycles. The second-order valence-electron chi connectivity index (χ2n) is 20.3. The van der Waals surface area contributed by atoms with Crippen LogP contribution in [0.25, 0.3) is 0 Å². The molecule has 6 saturated heterocycles. The highest BCUT2D eigenvalue weighted by molar-refractivity contribution is 7.04. The minimum Gasteiger partial charge on any atom is -0.465 e. The summed E-state index contributed by atoms with van der Waals surface area (Å²) in [6, 6.07) is 0.146. The van der Waals surface area contributed by atoms with E-state index < -0.39 is 93.2 Å². The first-order valence-electron chi connectivity index (χ1n) is 22.3. The number of aliphatic hydroxyl groups excluding tert-OH is 1. The maximum atomic E-state index is 13.8. The normalized spacial score (nSPS) is 38.6. The first-order valence-corrected chi connectivity index (χ1v) is 36.9. The lowest BCUT2D eigenvalue weighted by molar-refractivity contribution is -0.163. The molecule has 6 aliphatic rings. The number of esters is 2. The predicted molar refractivity (Wildman–Crippen MR) is 240 cm³/mol. The molecule has 354 valence electrons. The Labute approximate surface area is 373 Å². The maximum Gasteiger partial charge on any atom is 0.481 e. The Bertz CT molecular complexity index is 1460. The van der Waals surface area contributed by atoms with Crippen LogP contribution < -0.4 is 0 Å². The summed E-state index contributed by atoms with van der Waals surface area (Å²) in [4.78, 5) is 26.9. The molecule has 8 bridgehead atoms. The SMILES string of the molecule is CCC(C)(CC(C)(C)C(=O)OCCC[Si]12O[Si]3(C(C)C)O[Si]4(C(C)C)O[Si](C(C)C)(O1)O[Si]1(C(C)C)O[Si](C(C)C)(O2)O[Si](C(C)C)(O3)O[Si](C(C)C)(O4)O1)C(=O)OCCO. The zero-order valence-electron chi connectivity index (χ0n) is 40.0. The quantitative estimate of drug-likeness (QED) is 0.0792. The second kappa shape index (κ2) is 18.0. The second-order valence-corrected chi connectivity index (χ2v) is 48.5. The van der Waals surface area contributed by atoms with Gasteiger partial charge >= 0.3 is 82.4 Å².